The minimum Gasteiger partial charge on any atom is -0.468 e. The lowest BCUT2D eigenvalue weighted by molar-refractivity contribution is -0.169. The zero-order valence-electron chi connectivity index (χ0n) is 17.6. The molecule has 4 nitrogen and oxygen atoms in total. The molecule has 0 saturated heterocycles. The Labute approximate surface area is 181 Å². The maximum atomic E-state index is 13.0. The molecule has 0 fully saturated rings. The molecule has 0 bridgehead atoms. The van der Waals surface area contributed by atoms with E-state index in [2.05, 4.69) is 0 Å². The molecule has 4 aromatic carbocycles. The van der Waals surface area contributed by atoms with Crippen LogP contribution in [0.4, 0.5) is 0 Å². The molecule has 0 unspecified atom stereocenters. The average Bonchev–Trinajstić information content (AvgIpc) is 2.82. The summed E-state index contributed by atoms with van der Waals surface area (Å²) in [5.74, 6) is -1.19. The lowest BCUT2D eigenvalue weighted by atomic mass is 9.76. The van der Waals surface area contributed by atoms with E-state index in [0.29, 0.717) is 0 Å². The second kappa shape index (κ2) is 8.60. The van der Waals surface area contributed by atoms with Crippen molar-refractivity contribution in [1.29, 1.82) is 0 Å². The van der Waals surface area contributed by atoms with Crippen LogP contribution in [-0.2, 0) is 31.9 Å². The maximum absolute atomic E-state index is 13.0. The molecule has 0 aliphatic rings. The molecule has 0 aliphatic carbocycles. The molecular formula is C27H24O4. The largest absolute Gasteiger partial charge is 0.468 e. The molecule has 0 saturated carbocycles. The summed E-state index contributed by atoms with van der Waals surface area (Å²) in [5.41, 5.74) is 0.264. The van der Waals surface area contributed by atoms with Gasteiger partial charge >= 0.3 is 11.9 Å². The standard InChI is InChI=1S/C27H24O4/c1-30-25(28)27(26(29)31-2,17-19-11-13-21-7-3-5-9-23(21)15-19)18-20-12-14-22-8-4-6-10-24(22)16-20/h3-16H,17-18H2,1-2H3. The number of carbonyl (C=O) groups excluding carboxylic acids is 2. The Hall–Kier alpha value is -3.66. The second-order valence-electron chi connectivity index (χ2n) is 7.78. The summed E-state index contributed by atoms with van der Waals surface area (Å²) in [4.78, 5) is 26.1. The van der Waals surface area contributed by atoms with Crippen molar-refractivity contribution in [2.24, 2.45) is 5.41 Å². The third kappa shape index (κ3) is 4.02. The first kappa shape index (κ1) is 20.6. The number of carbonyl (C=O) groups is 2. The Morgan fingerprint density at radius 1 is 0.613 bits per heavy atom. The van der Waals surface area contributed by atoms with Crippen molar-refractivity contribution in [3.63, 3.8) is 0 Å². The molecule has 0 aliphatic heterocycles. The highest BCUT2D eigenvalue weighted by Gasteiger charge is 2.48. The molecule has 0 amide bonds. The van der Waals surface area contributed by atoms with Gasteiger partial charge in [0.2, 0.25) is 0 Å². The van der Waals surface area contributed by atoms with Crippen LogP contribution in [0.25, 0.3) is 21.5 Å². The molecule has 0 heterocycles. The molecule has 0 atom stereocenters. The summed E-state index contributed by atoms with van der Waals surface area (Å²) < 4.78 is 10.2. The number of fused-ring (bicyclic) bond motifs is 2. The lowest BCUT2D eigenvalue weighted by Crippen LogP contribution is -2.45. The topological polar surface area (TPSA) is 52.6 Å². The molecule has 0 N–H and O–H groups in total. The van der Waals surface area contributed by atoms with Gasteiger partial charge in [-0.15, -0.1) is 0 Å². The van der Waals surface area contributed by atoms with E-state index in [1.54, 1.807) is 0 Å². The summed E-state index contributed by atoms with van der Waals surface area (Å²) >= 11 is 0. The van der Waals surface area contributed by atoms with Gasteiger partial charge < -0.3 is 9.47 Å². The summed E-state index contributed by atoms with van der Waals surface area (Å²) in [5, 5.41) is 4.30. The quantitative estimate of drug-likeness (QED) is 0.326. The first-order chi connectivity index (χ1) is 15.1. The Morgan fingerprint density at radius 3 is 1.39 bits per heavy atom. The normalized spacial score (nSPS) is 11.4. The Balaban J connectivity index is 1.78. The number of rotatable bonds is 6. The highest BCUT2D eigenvalue weighted by molar-refractivity contribution is 6.01. The van der Waals surface area contributed by atoms with Gasteiger partial charge in [-0.25, -0.2) is 0 Å². The van der Waals surface area contributed by atoms with Crippen LogP contribution in [-0.4, -0.2) is 26.2 Å². The predicted molar refractivity (Wildman–Crippen MR) is 122 cm³/mol. The molecule has 0 radical (unpaired) electrons. The van der Waals surface area contributed by atoms with Gasteiger partial charge in [-0.3, -0.25) is 9.59 Å². The Kier molecular flexibility index (Phi) is 5.72. The van der Waals surface area contributed by atoms with Gasteiger partial charge in [0.1, 0.15) is 0 Å². The Bertz CT molecular complexity index is 1160. The van der Waals surface area contributed by atoms with E-state index in [4.69, 9.17) is 9.47 Å². The monoisotopic (exact) mass is 412 g/mol. The zero-order chi connectivity index (χ0) is 21.8. The van der Waals surface area contributed by atoms with E-state index in [1.165, 1.54) is 14.2 Å². The van der Waals surface area contributed by atoms with Crippen molar-refractivity contribution >= 4 is 33.5 Å². The van der Waals surface area contributed by atoms with E-state index in [-0.39, 0.29) is 12.8 Å². The fourth-order valence-corrected chi connectivity index (χ4v) is 4.22. The number of benzene rings is 4. The van der Waals surface area contributed by atoms with Gasteiger partial charge in [0.05, 0.1) is 14.2 Å². The molecule has 156 valence electrons. The summed E-state index contributed by atoms with van der Waals surface area (Å²) in [7, 11) is 2.61. The van der Waals surface area contributed by atoms with Crippen LogP contribution in [0.5, 0.6) is 0 Å². The van der Waals surface area contributed by atoms with Crippen LogP contribution in [0.3, 0.4) is 0 Å². The summed E-state index contributed by atoms with van der Waals surface area (Å²) in [6.07, 6.45) is 0.369. The second-order valence-corrected chi connectivity index (χ2v) is 7.78. The lowest BCUT2D eigenvalue weighted by Gasteiger charge is -2.28. The van der Waals surface area contributed by atoms with Crippen molar-refractivity contribution in [2.75, 3.05) is 14.2 Å². The average molecular weight is 412 g/mol. The molecular weight excluding hydrogens is 388 g/mol. The van der Waals surface area contributed by atoms with Crippen molar-refractivity contribution in [2.45, 2.75) is 12.8 Å². The molecule has 4 aromatic rings. The van der Waals surface area contributed by atoms with Crippen LogP contribution < -0.4 is 0 Å². The van der Waals surface area contributed by atoms with Crippen molar-refractivity contribution in [1.82, 2.24) is 0 Å². The van der Waals surface area contributed by atoms with E-state index in [9.17, 15) is 9.59 Å². The fourth-order valence-electron chi connectivity index (χ4n) is 4.22. The van der Waals surface area contributed by atoms with E-state index >= 15 is 0 Å². The van der Waals surface area contributed by atoms with Crippen LogP contribution in [0.1, 0.15) is 11.1 Å². The third-order valence-corrected chi connectivity index (χ3v) is 5.79. The predicted octanol–water partition coefficient (Wildman–Crippen LogP) is 5.11. The highest BCUT2D eigenvalue weighted by Crippen LogP contribution is 2.33. The van der Waals surface area contributed by atoms with Crippen LogP contribution in [0.2, 0.25) is 0 Å². The van der Waals surface area contributed by atoms with Crippen molar-refractivity contribution in [3.8, 4) is 0 Å². The van der Waals surface area contributed by atoms with Gasteiger partial charge in [0.25, 0.3) is 0 Å². The summed E-state index contributed by atoms with van der Waals surface area (Å²) in [6, 6.07) is 27.9. The van der Waals surface area contributed by atoms with Crippen molar-refractivity contribution in [3.05, 3.63) is 96.1 Å². The first-order valence-electron chi connectivity index (χ1n) is 10.2. The van der Waals surface area contributed by atoms with Crippen LogP contribution in [0.15, 0.2) is 84.9 Å². The third-order valence-electron chi connectivity index (χ3n) is 5.79. The number of ether oxygens (including phenoxy) is 2. The van der Waals surface area contributed by atoms with Gasteiger partial charge in [0.15, 0.2) is 5.41 Å². The van der Waals surface area contributed by atoms with Crippen LogP contribution >= 0.6 is 0 Å². The van der Waals surface area contributed by atoms with E-state index in [0.717, 1.165) is 32.7 Å². The Morgan fingerprint density at radius 2 is 1.00 bits per heavy atom. The number of hydrogen-bond acceptors (Lipinski definition) is 4. The number of esters is 2. The molecule has 0 aromatic heterocycles. The minimum absolute atomic E-state index is 0.185. The highest BCUT2D eigenvalue weighted by atomic mass is 16.5. The van der Waals surface area contributed by atoms with E-state index in [1.807, 2.05) is 84.9 Å². The molecule has 4 heteroatoms. The van der Waals surface area contributed by atoms with Gasteiger partial charge in [-0.2, -0.15) is 0 Å². The smallest absolute Gasteiger partial charge is 0.323 e. The van der Waals surface area contributed by atoms with Crippen LogP contribution in [0, 0.1) is 5.41 Å². The van der Waals surface area contributed by atoms with Gasteiger partial charge in [-0.05, 0) is 45.5 Å². The first-order valence-corrected chi connectivity index (χ1v) is 10.2. The molecule has 31 heavy (non-hydrogen) atoms. The molecule has 4 rings (SSSR count). The minimum atomic E-state index is -1.48. The van der Waals surface area contributed by atoms with Gasteiger partial charge in [0, 0.05) is 0 Å². The fraction of sp³-hybridized carbons (Fsp3) is 0.185. The van der Waals surface area contributed by atoms with Crippen molar-refractivity contribution < 1.29 is 19.1 Å². The SMILES string of the molecule is COC(=O)C(Cc1ccc2ccccc2c1)(Cc1ccc2ccccc2c1)C(=O)OC. The molecule has 0 spiro atoms. The maximum Gasteiger partial charge on any atom is 0.323 e. The zero-order valence-corrected chi connectivity index (χ0v) is 17.6. The summed E-state index contributed by atoms with van der Waals surface area (Å²) in [6.45, 7) is 0. The van der Waals surface area contributed by atoms with Gasteiger partial charge in [-0.1, -0.05) is 84.9 Å². The number of hydrogen-bond donors (Lipinski definition) is 0. The van der Waals surface area contributed by atoms with E-state index < -0.39 is 17.4 Å². The number of methoxy groups -OCH3 is 2.